The third-order valence-corrected chi connectivity index (χ3v) is 4.43. The van der Waals surface area contributed by atoms with E-state index in [2.05, 4.69) is 0 Å². The predicted molar refractivity (Wildman–Crippen MR) is 79.5 cm³/mol. The standard InChI is InChI=1S/C16H22O7/c1-9(17)12-14(2,20)13(19)15(3,21)16(22,23-12)11(18)10-7-5-4-6-8-10/h4-9,12-13,17,19-22H,1-3H3/t9?,12-,13+,14+,15-,16+/m1/s1. The molecule has 23 heavy (non-hydrogen) atoms. The topological polar surface area (TPSA) is 127 Å². The fourth-order valence-corrected chi connectivity index (χ4v) is 2.99. The second-order valence-electron chi connectivity index (χ2n) is 6.39. The van der Waals surface area contributed by atoms with Crippen molar-refractivity contribution in [1.29, 1.82) is 0 Å². The van der Waals surface area contributed by atoms with E-state index in [-0.39, 0.29) is 5.56 Å². The molecule has 0 spiro atoms. The number of aliphatic hydroxyl groups excluding tert-OH is 2. The van der Waals surface area contributed by atoms with Crippen LogP contribution in [0.2, 0.25) is 0 Å². The van der Waals surface area contributed by atoms with Crippen LogP contribution in [0.25, 0.3) is 0 Å². The Morgan fingerprint density at radius 1 is 1.17 bits per heavy atom. The lowest BCUT2D eigenvalue weighted by atomic mass is 9.71. The van der Waals surface area contributed by atoms with Gasteiger partial charge in [0.2, 0.25) is 5.78 Å². The fraction of sp³-hybridized carbons (Fsp3) is 0.562. The highest BCUT2D eigenvalue weighted by atomic mass is 16.7. The highest BCUT2D eigenvalue weighted by molar-refractivity contribution is 6.02. The molecule has 1 heterocycles. The molecule has 2 rings (SSSR count). The van der Waals surface area contributed by atoms with Crippen molar-refractivity contribution in [1.82, 2.24) is 0 Å². The van der Waals surface area contributed by atoms with Crippen LogP contribution >= 0.6 is 0 Å². The Labute approximate surface area is 133 Å². The highest BCUT2D eigenvalue weighted by Gasteiger charge is 2.69. The molecule has 1 saturated heterocycles. The summed E-state index contributed by atoms with van der Waals surface area (Å²) in [4.78, 5) is 12.7. The molecule has 0 aliphatic carbocycles. The number of hydrogen-bond acceptors (Lipinski definition) is 7. The van der Waals surface area contributed by atoms with Gasteiger partial charge in [0.25, 0.3) is 5.79 Å². The van der Waals surface area contributed by atoms with Crippen LogP contribution < -0.4 is 0 Å². The van der Waals surface area contributed by atoms with Gasteiger partial charge in [-0.25, -0.2) is 0 Å². The molecule has 1 fully saturated rings. The Balaban J connectivity index is 2.53. The lowest BCUT2D eigenvalue weighted by Gasteiger charge is -2.55. The van der Waals surface area contributed by atoms with Gasteiger partial charge in [-0.1, -0.05) is 30.3 Å². The van der Waals surface area contributed by atoms with Crippen molar-refractivity contribution in [3.63, 3.8) is 0 Å². The number of aliphatic hydroxyl groups is 5. The summed E-state index contributed by atoms with van der Waals surface area (Å²) in [5.74, 6) is -3.82. The van der Waals surface area contributed by atoms with Gasteiger partial charge in [0, 0.05) is 5.56 Å². The molecule has 1 aromatic carbocycles. The average molecular weight is 326 g/mol. The molecule has 7 nitrogen and oxygen atoms in total. The fourth-order valence-electron chi connectivity index (χ4n) is 2.99. The second kappa shape index (κ2) is 5.62. The SMILES string of the molecule is CC(O)[C@H]1O[C@@](O)(C(=O)c2ccccc2)[C@](C)(O)[C@@H](O)[C@@]1(C)O. The van der Waals surface area contributed by atoms with E-state index in [9.17, 15) is 30.3 Å². The van der Waals surface area contributed by atoms with Gasteiger partial charge in [0.15, 0.2) is 5.60 Å². The van der Waals surface area contributed by atoms with E-state index in [1.54, 1.807) is 18.2 Å². The molecule has 1 aliphatic rings. The summed E-state index contributed by atoms with van der Waals surface area (Å²) in [6, 6.07) is 7.62. The highest BCUT2D eigenvalue weighted by Crippen LogP contribution is 2.43. The van der Waals surface area contributed by atoms with Gasteiger partial charge >= 0.3 is 0 Å². The summed E-state index contributed by atoms with van der Waals surface area (Å²) in [5, 5.41) is 51.8. The summed E-state index contributed by atoms with van der Waals surface area (Å²) in [6.45, 7) is 3.42. The maximum absolute atomic E-state index is 12.7. The quantitative estimate of drug-likeness (QED) is 0.460. The van der Waals surface area contributed by atoms with Gasteiger partial charge in [0.05, 0.1) is 6.10 Å². The monoisotopic (exact) mass is 326 g/mol. The molecule has 0 amide bonds. The van der Waals surface area contributed by atoms with E-state index in [0.29, 0.717) is 0 Å². The van der Waals surface area contributed by atoms with Crippen LogP contribution in [-0.4, -0.2) is 66.6 Å². The normalized spacial score (nSPS) is 42.3. The molecule has 1 aromatic rings. The van der Waals surface area contributed by atoms with Crippen LogP contribution in [0.5, 0.6) is 0 Å². The molecule has 0 radical (unpaired) electrons. The third kappa shape index (κ3) is 2.59. The van der Waals surface area contributed by atoms with Crippen LogP contribution in [0.1, 0.15) is 31.1 Å². The summed E-state index contributed by atoms with van der Waals surface area (Å²) >= 11 is 0. The van der Waals surface area contributed by atoms with Crippen LogP contribution in [0, 0.1) is 0 Å². The minimum atomic E-state index is -2.84. The molecular formula is C16H22O7. The van der Waals surface area contributed by atoms with Crippen LogP contribution in [-0.2, 0) is 4.74 Å². The molecule has 1 unspecified atom stereocenters. The summed E-state index contributed by atoms with van der Waals surface area (Å²) in [7, 11) is 0. The minimum Gasteiger partial charge on any atom is -0.391 e. The molecule has 5 N–H and O–H groups in total. The molecular weight excluding hydrogens is 304 g/mol. The smallest absolute Gasteiger partial charge is 0.264 e. The zero-order valence-electron chi connectivity index (χ0n) is 13.2. The van der Waals surface area contributed by atoms with Gasteiger partial charge in [-0.05, 0) is 20.8 Å². The molecule has 128 valence electrons. The minimum absolute atomic E-state index is 0.0494. The molecule has 7 heteroatoms. The van der Waals surface area contributed by atoms with E-state index in [4.69, 9.17) is 4.74 Å². The number of hydrogen-bond donors (Lipinski definition) is 5. The first-order chi connectivity index (χ1) is 10.5. The van der Waals surface area contributed by atoms with Crippen LogP contribution in [0.3, 0.4) is 0 Å². The Morgan fingerprint density at radius 3 is 2.17 bits per heavy atom. The predicted octanol–water partition coefficient (Wildman–Crippen LogP) is -0.800. The number of ketones is 1. The van der Waals surface area contributed by atoms with E-state index < -0.39 is 41.1 Å². The Hall–Kier alpha value is -1.35. The Morgan fingerprint density at radius 2 is 1.70 bits per heavy atom. The number of Topliss-reactive ketones (excluding diaryl/α,β-unsaturated/α-hetero) is 1. The van der Waals surface area contributed by atoms with E-state index >= 15 is 0 Å². The Kier molecular flexibility index (Phi) is 4.40. The first-order valence-corrected chi connectivity index (χ1v) is 7.27. The first kappa shape index (κ1) is 18.0. The lowest BCUT2D eigenvalue weighted by Crippen LogP contribution is -2.78. The molecule has 0 aromatic heterocycles. The maximum Gasteiger partial charge on any atom is 0.264 e. The van der Waals surface area contributed by atoms with Gasteiger partial charge in [-0.2, -0.15) is 0 Å². The lowest BCUT2D eigenvalue weighted by molar-refractivity contribution is -0.386. The van der Waals surface area contributed by atoms with Gasteiger partial charge in [0.1, 0.15) is 17.8 Å². The van der Waals surface area contributed by atoms with Crippen LogP contribution in [0.15, 0.2) is 30.3 Å². The largest absolute Gasteiger partial charge is 0.391 e. The van der Waals surface area contributed by atoms with E-state index in [0.717, 1.165) is 13.8 Å². The van der Waals surface area contributed by atoms with Crippen molar-refractivity contribution >= 4 is 5.78 Å². The average Bonchev–Trinajstić information content (AvgIpc) is 2.49. The first-order valence-electron chi connectivity index (χ1n) is 7.27. The van der Waals surface area contributed by atoms with Gasteiger partial charge in [-0.3, -0.25) is 4.79 Å². The third-order valence-electron chi connectivity index (χ3n) is 4.43. The molecule has 6 atom stereocenters. The van der Waals surface area contributed by atoms with Crippen molar-refractivity contribution < 1.29 is 35.1 Å². The zero-order valence-corrected chi connectivity index (χ0v) is 13.2. The molecule has 0 bridgehead atoms. The summed E-state index contributed by atoms with van der Waals surface area (Å²) in [5.41, 5.74) is -4.54. The van der Waals surface area contributed by atoms with Crippen molar-refractivity contribution in [3.8, 4) is 0 Å². The van der Waals surface area contributed by atoms with Gasteiger partial charge in [-0.15, -0.1) is 0 Å². The maximum atomic E-state index is 12.7. The zero-order chi connectivity index (χ0) is 17.6. The number of carbonyl (C=O) groups excluding carboxylic acids is 1. The van der Waals surface area contributed by atoms with E-state index in [1.165, 1.54) is 19.1 Å². The second-order valence-corrected chi connectivity index (χ2v) is 6.39. The number of carbonyl (C=O) groups is 1. The van der Waals surface area contributed by atoms with E-state index in [1.807, 2.05) is 0 Å². The number of ether oxygens (including phenoxy) is 1. The molecule has 1 aliphatic heterocycles. The van der Waals surface area contributed by atoms with Crippen molar-refractivity contribution in [2.75, 3.05) is 0 Å². The number of rotatable bonds is 3. The van der Waals surface area contributed by atoms with Gasteiger partial charge < -0.3 is 30.3 Å². The van der Waals surface area contributed by atoms with Crippen molar-refractivity contribution in [2.45, 2.75) is 56.1 Å². The number of benzene rings is 1. The summed E-state index contributed by atoms with van der Waals surface area (Å²) < 4.78 is 5.25. The van der Waals surface area contributed by atoms with Crippen molar-refractivity contribution in [2.24, 2.45) is 0 Å². The summed E-state index contributed by atoms with van der Waals surface area (Å²) in [6.07, 6.45) is -4.75. The Bertz CT molecular complexity index is 577. The van der Waals surface area contributed by atoms with Crippen molar-refractivity contribution in [3.05, 3.63) is 35.9 Å². The molecule has 0 saturated carbocycles. The van der Waals surface area contributed by atoms with Crippen LogP contribution in [0.4, 0.5) is 0 Å².